The lowest BCUT2D eigenvalue weighted by atomic mass is 10.3. The SMILES string of the molecule is O=C(c1ccco1)N1CCN(C(=NCCc2cccs2)NCCc2ccco2)CC1. The molecule has 0 atom stereocenters. The summed E-state index contributed by atoms with van der Waals surface area (Å²) in [5, 5.41) is 5.57. The number of amides is 1. The van der Waals surface area contributed by atoms with Gasteiger partial charge >= 0.3 is 0 Å². The Labute approximate surface area is 180 Å². The molecule has 1 amide bonds. The van der Waals surface area contributed by atoms with Crippen LogP contribution in [0.3, 0.4) is 0 Å². The monoisotopic (exact) mass is 426 g/mol. The summed E-state index contributed by atoms with van der Waals surface area (Å²) >= 11 is 1.76. The first-order valence-corrected chi connectivity index (χ1v) is 11.1. The van der Waals surface area contributed by atoms with Gasteiger partial charge in [-0.05, 0) is 35.7 Å². The number of rotatable bonds is 7. The highest BCUT2D eigenvalue weighted by atomic mass is 32.1. The van der Waals surface area contributed by atoms with Crippen molar-refractivity contribution in [1.29, 1.82) is 0 Å². The van der Waals surface area contributed by atoms with Gasteiger partial charge in [-0.3, -0.25) is 9.79 Å². The van der Waals surface area contributed by atoms with Crippen LogP contribution in [0.4, 0.5) is 0 Å². The number of aliphatic imine (C=N–C) groups is 1. The van der Waals surface area contributed by atoms with Gasteiger partial charge < -0.3 is 24.0 Å². The van der Waals surface area contributed by atoms with Gasteiger partial charge in [0.15, 0.2) is 11.7 Å². The van der Waals surface area contributed by atoms with Crippen molar-refractivity contribution in [3.8, 4) is 0 Å². The van der Waals surface area contributed by atoms with E-state index in [9.17, 15) is 4.79 Å². The number of hydrogen-bond donors (Lipinski definition) is 1. The molecule has 1 fully saturated rings. The molecule has 0 bridgehead atoms. The van der Waals surface area contributed by atoms with Gasteiger partial charge in [0.25, 0.3) is 5.91 Å². The van der Waals surface area contributed by atoms with Gasteiger partial charge in [0.1, 0.15) is 5.76 Å². The zero-order chi connectivity index (χ0) is 20.6. The second-order valence-electron chi connectivity index (χ2n) is 7.05. The molecule has 0 saturated carbocycles. The fourth-order valence-electron chi connectivity index (χ4n) is 3.42. The quantitative estimate of drug-likeness (QED) is 0.464. The Balaban J connectivity index is 1.34. The van der Waals surface area contributed by atoms with E-state index >= 15 is 0 Å². The van der Waals surface area contributed by atoms with Gasteiger partial charge in [-0.15, -0.1) is 11.3 Å². The standard InChI is InChI=1S/C22H26N4O3S/c27-21(20-6-2-16-29-20)25-11-13-26(14-12-25)22(23-9-7-18-4-1-15-28-18)24-10-8-19-5-3-17-30-19/h1-6,15-17H,7-14H2,(H,23,24). The van der Waals surface area contributed by atoms with E-state index in [1.54, 1.807) is 29.7 Å². The fraction of sp³-hybridized carbons (Fsp3) is 0.364. The average molecular weight is 427 g/mol. The Hall–Kier alpha value is -3.00. The number of guanidine groups is 1. The summed E-state index contributed by atoms with van der Waals surface area (Å²) in [6, 6.07) is 11.5. The van der Waals surface area contributed by atoms with Crippen LogP contribution in [-0.2, 0) is 12.8 Å². The Morgan fingerprint density at radius 2 is 1.80 bits per heavy atom. The topological polar surface area (TPSA) is 74.2 Å². The van der Waals surface area contributed by atoms with Crippen LogP contribution in [0.15, 0.2) is 68.1 Å². The molecule has 0 aliphatic carbocycles. The van der Waals surface area contributed by atoms with Gasteiger partial charge in [-0.2, -0.15) is 0 Å². The lowest BCUT2D eigenvalue weighted by molar-refractivity contribution is 0.0657. The maximum Gasteiger partial charge on any atom is 0.289 e. The van der Waals surface area contributed by atoms with Crippen LogP contribution in [0.2, 0.25) is 0 Å². The van der Waals surface area contributed by atoms with Gasteiger partial charge in [-0.25, -0.2) is 0 Å². The van der Waals surface area contributed by atoms with Crippen molar-refractivity contribution in [3.63, 3.8) is 0 Å². The van der Waals surface area contributed by atoms with E-state index in [1.807, 2.05) is 17.0 Å². The minimum Gasteiger partial charge on any atom is -0.469 e. The van der Waals surface area contributed by atoms with Crippen molar-refractivity contribution in [3.05, 3.63) is 70.7 Å². The van der Waals surface area contributed by atoms with E-state index in [0.29, 0.717) is 18.8 Å². The Morgan fingerprint density at radius 1 is 1.00 bits per heavy atom. The van der Waals surface area contributed by atoms with Gasteiger partial charge in [0.05, 0.1) is 12.5 Å². The van der Waals surface area contributed by atoms with Gasteiger partial charge in [0, 0.05) is 57.0 Å². The van der Waals surface area contributed by atoms with Crippen LogP contribution >= 0.6 is 11.3 Å². The molecule has 4 rings (SSSR count). The van der Waals surface area contributed by atoms with E-state index in [2.05, 4.69) is 27.7 Å². The van der Waals surface area contributed by atoms with Crippen molar-refractivity contribution in [2.24, 2.45) is 4.99 Å². The molecular formula is C22H26N4O3S. The number of nitrogens with one attached hydrogen (secondary N) is 1. The summed E-state index contributed by atoms with van der Waals surface area (Å²) < 4.78 is 10.7. The second-order valence-corrected chi connectivity index (χ2v) is 8.08. The highest BCUT2D eigenvalue weighted by molar-refractivity contribution is 7.09. The predicted molar refractivity (Wildman–Crippen MR) is 117 cm³/mol. The van der Waals surface area contributed by atoms with Crippen LogP contribution in [0.5, 0.6) is 0 Å². The number of hydrogen-bond acceptors (Lipinski definition) is 5. The molecule has 3 aromatic rings. The summed E-state index contributed by atoms with van der Waals surface area (Å²) in [5.74, 6) is 2.18. The molecular weight excluding hydrogens is 400 g/mol. The fourth-order valence-corrected chi connectivity index (χ4v) is 4.12. The van der Waals surface area contributed by atoms with E-state index in [4.69, 9.17) is 13.8 Å². The number of thiophene rings is 1. The summed E-state index contributed by atoms with van der Waals surface area (Å²) in [4.78, 5) is 22.7. The lowest BCUT2D eigenvalue weighted by Crippen LogP contribution is -2.54. The highest BCUT2D eigenvalue weighted by Gasteiger charge is 2.25. The largest absolute Gasteiger partial charge is 0.469 e. The van der Waals surface area contributed by atoms with Crippen LogP contribution in [-0.4, -0.2) is 60.9 Å². The molecule has 4 heterocycles. The highest BCUT2D eigenvalue weighted by Crippen LogP contribution is 2.11. The number of furan rings is 2. The molecule has 1 saturated heterocycles. The Morgan fingerprint density at radius 3 is 2.50 bits per heavy atom. The summed E-state index contributed by atoms with van der Waals surface area (Å²) in [5.41, 5.74) is 0. The molecule has 8 heteroatoms. The van der Waals surface area contributed by atoms with Crippen molar-refractivity contribution >= 4 is 23.2 Å². The Kier molecular flexibility index (Phi) is 6.87. The minimum atomic E-state index is -0.0541. The second kappa shape index (κ2) is 10.2. The van der Waals surface area contributed by atoms with Gasteiger partial charge in [0.2, 0.25) is 0 Å². The van der Waals surface area contributed by atoms with Crippen LogP contribution in [0.1, 0.15) is 21.2 Å². The number of carbonyl (C=O) groups is 1. The normalized spacial score (nSPS) is 14.9. The third kappa shape index (κ3) is 5.33. The summed E-state index contributed by atoms with van der Waals surface area (Å²) in [6.07, 6.45) is 4.96. The van der Waals surface area contributed by atoms with Gasteiger partial charge in [-0.1, -0.05) is 6.07 Å². The zero-order valence-electron chi connectivity index (χ0n) is 16.8. The third-order valence-electron chi connectivity index (χ3n) is 5.03. The molecule has 0 radical (unpaired) electrons. The van der Waals surface area contributed by atoms with Crippen molar-refractivity contribution in [1.82, 2.24) is 15.1 Å². The molecule has 0 spiro atoms. The first kappa shape index (κ1) is 20.3. The van der Waals surface area contributed by atoms with E-state index < -0.39 is 0 Å². The molecule has 7 nitrogen and oxygen atoms in total. The van der Waals surface area contributed by atoms with Crippen LogP contribution in [0.25, 0.3) is 0 Å². The van der Waals surface area contributed by atoms with Crippen molar-refractivity contribution < 1.29 is 13.6 Å². The number of piperazine rings is 1. The van der Waals surface area contributed by atoms with Crippen molar-refractivity contribution in [2.45, 2.75) is 12.8 Å². The third-order valence-corrected chi connectivity index (χ3v) is 5.97. The smallest absolute Gasteiger partial charge is 0.289 e. The molecule has 1 aliphatic heterocycles. The van der Waals surface area contributed by atoms with E-state index in [0.717, 1.165) is 50.7 Å². The molecule has 0 unspecified atom stereocenters. The van der Waals surface area contributed by atoms with Crippen LogP contribution < -0.4 is 5.32 Å². The molecule has 0 aromatic carbocycles. The molecule has 1 N–H and O–H groups in total. The summed E-state index contributed by atoms with van der Waals surface area (Å²) in [7, 11) is 0. The summed E-state index contributed by atoms with van der Waals surface area (Å²) in [6.45, 7) is 4.23. The molecule has 3 aromatic heterocycles. The lowest BCUT2D eigenvalue weighted by Gasteiger charge is -2.36. The first-order valence-electron chi connectivity index (χ1n) is 10.2. The van der Waals surface area contributed by atoms with E-state index in [1.165, 1.54) is 11.1 Å². The first-order chi connectivity index (χ1) is 14.8. The maximum atomic E-state index is 12.5. The molecule has 1 aliphatic rings. The predicted octanol–water partition coefficient (Wildman–Crippen LogP) is 3.12. The average Bonchev–Trinajstić information content (AvgIpc) is 3.56. The number of nitrogens with zero attached hydrogens (tertiary/aromatic N) is 3. The zero-order valence-corrected chi connectivity index (χ0v) is 17.6. The van der Waals surface area contributed by atoms with E-state index in [-0.39, 0.29) is 5.91 Å². The molecule has 158 valence electrons. The maximum absolute atomic E-state index is 12.5. The van der Waals surface area contributed by atoms with Crippen LogP contribution in [0, 0.1) is 0 Å². The Bertz CT molecular complexity index is 912. The molecule has 30 heavy (non-hydrogen) atoms. The van der Waals surface area contributed by atoms with Crippen molar-refractivity contribution in [2.75, 3.05) is 39.3 Å². The minimum absolute atomic E-state index is 0.0541. The number of carbonyl (C=O) groups excluding carboxylic acids is 1.